The number of carbonyl (C=O) groups is 1. The van der Waals surface area contributed by atoms with Gasteiger partial charge < -0.3 is 14.2 Å². The Kier molecular flexibility index (Phi) is 8.57. The lowest BCUT2D eigenvalue weighted by atomic mass is 9.95. The minimum Gasteiger partial charge on any atom is -0.491 e. The van der Waals surface area contributed by atoms with E-state index in [0.717, 1.165) is 10.0 Å². The average Bonchev–Trinajstić information content (AvgIpc) is 3.14. The second kappa shape index (κ2) is 11.7. The zero-order chi connectivity index (χ0) is 27.6. The van der Waals surface area contributed by atoms with Gasteiger partial charge in [-0.25, -0.2) is 9.79 Å². The van der Waals surface area contributed by atoms with Gasteiger partial charge in [0, 0.05) is 15.6 Å². The average molecular weight is 600 g/mol. The minimum absolute atomic E-state index is 0.0308. The standard InChI is InChI=1S/C29H31BrN2O5S/c1-7-35-28(34)25-18(6)31-29-32(26(25)21-10-8-9-11-23(21)37-17(4)5)27(33)24(38-29)15-19-14-20(30)12-13-22(19)36-16(2)3/h8-17,26H,7H2,1-6H3/b24-15-/t26-/m0/s1. The molecule has 0 bridgehead atoms. The molecule has 1 aliphatic rings. The first kappa shape index (κ1) is 27.9. The number of hydrogen-bond donors (Lipinski definition) is 0. The molecular weight excluding hydrogens is 568 g/mol. The van der Waals surface area contributed by atoms with Crippen molar-refractivity contribution in [2.75, 3.05) is 6.61 Å². The summed E-state index contributed by atoms with van der Waals surface area (Å²) in [5, 5.41) is 0. The highest BCUT2D eigenvalue weighted by Crippen LogP contribution is 2.36. The molecule has 7 nitrogen and oxygen atoms in total. The van der Waals surface area contributed by atoms with E-state index in [9.17, 15) is 9.59 Å². The number of carbonyl (C=O) groups excluding carboxylic acids is 1. The molecule has 1 aromatic heterocycles. The van der Waals surface area contributed by atoms with Crippen LogP contribution in [0.3, 0.4) is 0 Å². The van der Waals surface area contributed by atoms with Gasteiger partial charge in [0.2, 0.25) is 0 Å². The van der Waals surface area contributed by atoms with Crippen molar-refractivity contribution >= 4 is 39.3 Å². The Morgan fingerprint density at radius 2 is 1.79 bits per heavy atom. The van der Waals surface area contributed by atoms with E-state index in [1.54, 1.807) is 18.4 Å². The summed E-state index contributed by atoms with van der Waals surface area (Å²) in [4.78, 5) is 32.4. The molecule has 200 valence electrons. The smallest absolute Gasteiger partial charge is 0.338 e. The molecule has 1 aliphatic heterocycles. The van der Waals surface area contributed by atoms with Gasteiger partial charge in [0.15, 0.2) is 4.80 Å². The van der Waals surface area contributed by atoms with Crippen LogP contribution in [-0.2, 0) is 9.53 Å². The van der Waals surface area contributed by atoms with E-state index in [2.05, 4.69) is 20.9 Å². The Balaban J connectivity index is 1.98. The zero-order valence-corrected chi connectivity index (χ0v) is 24.7. The topological polar surface area (TPSA) is 79.1 Å². The number of esters is 1. The molecule has 2 aromatic carbocycles. The molecule has 3 aromatic rings. The summed E-state index contributed by atoms with van der Waals surface area (Å²) in [6.07, 6.45) is 1.68. The zero-order valence-electron chi connectivity index (χ0n) is 22.3. The Bertz CT molecular complexity index is 1570. The van der Waals surface area contributed by atoms with Gasteiger partial charge in [-0.3, -0.25) is 9.36 Å². The van der Waals surface area contributed by atoms with Crippen LogP contribution < -0.4 is 24.4 Å². The molecule has 0 unspecified atom stereocenters. The van der Waals surface area contributed by atoms with Gasteiger partial charge in [0.1, 0.15) is 17.5 Å². The predicted octanol–water partition coefficient (Wildman–Crippen LogP) is 5.14. The fourth-order valence-electron chi connectivity index (χ4n) is 4.29. The molecule has 38 heavy (non-hydrogen) atoms. The third-order valence-corrected chi connectivity index (χ3v) is 7.19. The molecule has 0 spiro atoms. The van der Waals surface area contributed by atoms with Gasteiger partial charge in [0.05, 0.1) is 34.6 Å². The number of hydrogen-bond acceptors (Lipinski definition) is 7. The summed E-state index contributed by atoms with van der Waals surface area (Å²) in [5.74, 6) is 0.759. The van der Waals surface area contributed by atoms with E-state index in [1.165, 1.54) is 11.3 Å². The summed E-state index contributed by atoms with van der Waals surface area (Å²) in [5.41, 5.74) is 2.02. The highest BCUT2D eigenvalue weighted by Gasteiger charge is 2.35. The van der Waals surface area contributed by atoms with Gasteiger partial charge in [-0.15, -0.1) is 0 Å². The fourth-order valence-corrected chi connectivity index (χ4v) is 5.70. The summed E-state index contributed by atoms with van der Waals surface area (Å²) in [6.45, 7) is 11.5. The Morgan fingerprint density at radius 1 is 1.11 bits per heavy atom. The minimum atomic E-state index is -0.753. The highest BCUT2D eigenvalue weighted by molar-refractivity contribution is 9.10. The SMILES string of the molecule is CCOC(=O)C1=C(C)N=c2s/c(=C\c3cc(Br)ccc3OC(C)C)c(=O)n2[C@H]1c1ccccc1OC(C)C. The van der Waals surface area contributed by atoms with Gasteiger partial charge >= 0.3 is 5.97 Å². The first-order valence-electron chi connectivity index (χ1n) is 12.5. The second-order valence-corrected chi connectivity index (χ2v) is 11.3. The van der Waals surface area contributed by atoms with E-state index in [-0.39, 0.29) is 24.4 Å². The van der Waals surface area contributed by atoms with Crippen LogP contribution in [0.25, 0.3) is 6.08 Å². The number of rotatable bonds is 8. The van der Waals surface area contributed by atoms with Crippen molar-refractivity contribution in [3.8, 4) is 11.5 Å². The molecular formula is C29H31BrN2O5S. The number of para-hydroxylation sites is 1. The molecule has 9 heteroatoms. The number of halogens is 1. The molecule has 1 atom stereocenters. The highest BCUT2D eigenvalue weighted by atomic mass is 79.9. The number of nitrogens with zero attached hydrogens (tertiary/aromatic N) is 2. The number of aromatic nitrogens is 1. The van der Waals surface area contributed by atoms with Crippen LogP contribution in [0.5, 0.6) is 11.5 Å². The molecule has 0 fully saturated rings. The predicted molar refractivity (Wildman–Crippen MR) is 153 cm³/mol. The van der Waals surface area contributed by atoms with Crippen LogP contribution in [-0.4, -0.2) is 29.4 Å². The first-order chi connectivity index (χ1) is 18.1. The van der Waals surface area contributed by atoms with E-state index in [1.807, 2.05) is 76.2 Å². The van der Waals surface area contributed by atoms with Crippen LogP contribution in [0.2, 0.25) is 0 Å². The van der Waals surface area contributed by atoms with E-state index >= 15 is 0 Å². The van der Waals surface area contributed by atoms with Gasteiger partial charge in [-0.2, -0.15) is 0 Å². The van der Waals surface area contributed by atoms with E-state index in [4.69, 9.17) is 14.2 Å². The van der Waals surface area contributed by atoms with Crippen molar-refractivity contribution < 1.29 is 19.0 Å². The molecule has 0 amide bonds. The van der Waals surface area contributed by atoms with Crippen LogP contribution in [0.4, 0.5) is 0 Å². The first-order valence-corrected chi connectivity index (χ1v) is 14.1. The third kappa shape index (κ3) is 5.78. The number of thiazole rings is 1. The maximum Gasteiger partial charge on any atom is 0.338 e. The number of benzene rings is 2. The van der Waals surface area contributed by atoms with Crippen molar-refractivity contribution in [2.45, 2.75) is 59.8 Å². The molecule has 0 saturated heterocycles. The van der Waals surface area contributed by atoms with Crippen LogP contribution in [0.15, 0.2) is 68.0 Å². The Labute approximate surface area is 234 Å². The molecule has 4 rings (SSSR count). The molecule has 0 saturated carbocycles. The number of allylic oxidation sites excluding steroid dienone is 1. The van der Waals surface area contributed by atoms with E-state index in [0.29, 0.717) is 37.7 Å². The van der Waals surface area contributed by atoms with Crippen LogP contribution >= 0.6 is 27.3 Å². The van der Waals surface area contributed by atoms with Crippen molar-refractivity contribution in [3.63, 3.8) is 0 Å². The lowest BCUT2D eigenvalue weighted by Crippen LogP contribution is -2.40. The third-order valence-electron chi connectivity index (χ3n) is 5.71. The fraction of sp³-hybridized carbons (Fsp3) is 0.345. The summed E-state index contributed by atoms with van der Waals surface area (Å²) in [6, 6.07) is 12.4. The molecule has 0 N–H and O–H groups in total. The maximum absolute atomic E-state index is 14.0. The monoisotopic (exact) mass is 598 g/mol. The van der Waals surface area contributed by atoms with E-state index < -0.39 is 12.0 Å². The summed E-state index contributed by atoms with van der Waals surface area (Å²) >= 11 is 4.79. The van der Waals surface area contributed by atoms with Gasteiger partial charge in [-0.05, 0) is 71.9 Å². The van der Waals surface area contributed by atoms with Crippen molar-refractivity contribution in [3.05, 3.63) is 89.0 Å². The van der Waals surface area contributed by atoms with Gasteiger partial charge in [0.25, 0.3) is 5.56 Å². The Hall–Kier alpha value is -3.17. The number of ether oxygens (including phenoxy) is 3. The quantitative estimate of drug-likeness (QED) is 0.336. The largest absolute Gasteiger partial charge is 0.491 e. The molecule has 2 heterocycles. The van der Waals surface area contributed by atoms with Crippen LogP contribution in [0, 0.1) is 0 Å². The van der Waals surface area contributed by atoms with Crippen molar-refractivity contribution in [2.24, 2.45) is 4.99 Å². The molecule has 0 aliphatic carbocycles. The number of fused-ring (bicyclic) bond motifs is 1. The maximum atomic E-state index is 14.0. The van der Waals surface area contributed by atoms with Crippen LogP contribution in [0.1, 0.15) is 58.7 Å². The summed E-state index contributed by atoms with van der Waals surface area (Å²) in [7, 11) is 0. The van der Waals surface area contributed by atoms with Crippen molar-refractivity contribution in [1.82, 2.24) is 4.57 Å². The summed E-state index contributed by atoms with van der Waals surface area (Å²) < 4.78 is 20.4. The normalized spacial score (nSPS) is 15.5. The van der Waals surface area contributed by atoms with Gasteiger partial charge in [-0.1, -0.05) is 45.5 Å². The lowest BCUT2D eigenvalue weighted by molar-refractivity contribution is -0.139. The Morgan fingerprint density at radius 3 is 2.47 bits per heavy atom. The van der Waals surface area contributed by atoms with Crippen molar-refractivity contribution in [1.29, 1.82) is 0 Å². The second-order valence-electron chi connectivity index (χ2n) is 9.36. The lowest BCUT2D eigenvalue weighted by Gasteiger charge is -2.26. The molecule has 0 radical (unpaired) electrons.